The Bertz CT molecular complexity index is 775. The topological polar surface area (TPSA) is 25.8 Å². The Kier molecular flexibility index (Phi) is 3.30. The number of rotatable bonds is 2. The van der Waals surface area contributed by atoms with E-state index in [1.807, 2.05) is 0 Å². The molecule has 0 saturated heterocycles. The molecule has 1 aliphatic rings. The van der Waals surface area contributed by atoms with Crippen LogP contribution in [0.2, 0.25) is 0 Å². The number of hydrogen-bond acceptors (Lipinski definition) is 2. The summed E-state index contributed by atoms with van der Waals surface area (Å²) >= 11 is 0.161. The molecule has 0 N–H and O–H groups in total. The maximum absolute atomic E-state index is 4.37. The number of fused-ring (bicyclic) bond motifs is 1. The molecule has 1 aliphatic carbocycles. The standard InChI is InChI=1S/C18H14N2Se/c1-3-7-13(8-4-1)15-11-16(14-9-5-2-6-10-14)18-17(12-15)19-20-21-18/h1-10,12,16H,11H2. The second-order valence-corrected chi connectivity index (χ2v) is 6.87. The van der Waals surface area contributed by atoms with Crippen molar-refractivity contribution in [2.75, 3.05) is 0 Å². The molecule has 0 fully saturated rings. The van der Waals surface area contributed by atoms with Crippen LogP contribution in [0.3, 0.4) is 0 Å². The molecule has 3 aromatic rings. The van der Waals surface area contributed by atoms with E-state index in [0.717, 1.165) is 12.1 Å². The molecule has 0 saturated carbocycles. The van der Waals surface area contributed by atoms with Gasteiger partial charge in [0.25, 0.3) is 0 Å². The van der Waals surface area contributed by atoms with E-state index >= 15 is 0 Å². The summed E-state index contributed by atoms with van der Waals surface area (Å²) in [4.78, 5) is 0. The second kappa shape index (κ2) is 5.44. The fourth-order valence-corrected chi connectivity index (χ4v) is 4.48. The van der Waals surface area contributed by atoms with Crippen molar-refractivity contribution in [2.45, 2.75) is 12.3 Å². The van der Waals surface area contributed by atoms with Gasteiger partial charge in [0.05, 0.1) is 0 Å². The molecule has 1 unspecified atom stereocenters. The first-order valence-corrected chi connectivity index (χ1v) is 8.67. The number of aromatic nitrogens is 2. The Morgan fingerprint density at radius 3 is 2.38 bits per heavy atom. The van der Waals surface area contributed by atoms with Crippen molar-refractivity contribution < 1.29 is 0 Å². The normalized spacial score (nSPS) is 17.1. The third kappa shape index (κ3) is 2.39. The van der Waals surface area contributed by atoms with Gasteiger partial charge in [0.1, 0.15) is 0 Å². The summed E-state index contributed by atoms with van der Waals surface area (Å²) in [5.41, 5.74) is 5.12. The van der Waals surface area contributed by atoms with Crippen LogP contribution in [0, 0.1) is 0 Å². The minimum atomic E-state index is 0.161. The summed E-state index contributed by atoms with van der Waals surface area (Å²) in [7, 11) is 0. The number of hydrogen-bond donors (Lipinski definition) is 0. The third-order valence-electron chi connectivity index (χ3n) is 3.94. The molecule has 0 spiro atoms. The van der Waals surface area contributed by atoms with E-state index in [4.69, 9.17) is 0 Å². The van der Waals surface area contributed by atoms with Gasteiger partial charge in [-0.1, -0.05) is 0 Å². The number of nitrogens with zero attached hydrogens (tertiary/aromatic N) is 2. The fourth-order valence-electron chi connectivity index (χ4n) is 2.89. The zero-order valence-corrected chi connectivity index (χ0v) is 13.2. The monoisotopic (exact) mass is 338 g/mol. The third-order valence-corrected chi connectivity index (χ3v) is 5.73. The Hall–Kier alpha value is -1.96. The summed E-state index contributed by atoms with van der Waals surface area (Å²) in [6.45, 7) is 0. The van der Waals surface area contributed by atoms with Crippen LogP contribution in [-0.4, -0.2) is 23.9 Å². The molecule has 1 atom stereocenters. The predicted molar refractivity (Wildman–Crippen MR) is 86.2 cm³/mol. The van der Waals surface area contributed by atoms with Gasteiger partial charge in [-0.2, -0.15) is 0 Å². The fraction of sp³-hybridized carbons (Fsp3) is 0.111. The van der Waals surface area contributed by atoms with Gasteiger partial charge < -0.3 is 0 Å². The van der Waals surface area contributed by atoms with Gasteiger partial charge in [-0.15, -0.1) is 0 Å². The van der Waals surface area contributed by atoms with Crippen molar-refractivity contribution in [3.05, 3.63) is 81.9 Å². The maximum atomic E-state index is 4.37. The summed E-state index contributed by atoms with van der Waals surface area (Å²) in [5, 5.41) is 4.37. The van der Waals surface area contributed by atoms with Crippen molar-refractivity contribution in [1.29, 1.82) is 0 Å². The summed E-state index contributed by atoms with van der Waals surface area (Å²) < 4.78 is 5.73. The van der Waals surface area contributed by atoms with E-state index in [-0.39, 0.29) is 14.7 Å². The molecule has 2 nitrogen and oxygen atoms in total. The quantitative estimate of drug-likeness (QED) is 0.668. The first kappa shape index (κ1) is 12.8. The molecule has 4 rings (SSSR count). The van der Waals surface area contributed by atoms with Crippen molar-refractivity contribution in [1.82, 2.24) is 9.19 Å². The number of benzene rings is 2. The van der Waals surface area contributed by atoms with Gasteiger partial charge in [-0.25, -0.2) is 0 Å². The molecule has 0 aliphatic heterocycles. The van der Waals surface area contributed by atoms with Gasteiger partial charge in [-0.3, -0.25) is 0 Å². The van der Waals surface area contributed by atoms with Gasteiger partial charge in [-0.05, 0) is 0 Å². The van der Waals surface area contributed by atoms with Gasteiger partial charge in [0, 0.05) is 0 Å². The van der Waals surface area contributed by atoms with E-state index in [9.17, 15) is 0 Å². The molecule has 1 heterocycles. The Morgan fingerprint density at radius 1 is 0.905 bits per heavy atom. The zero-order chi connectivity index (χ0) is 14.1. The van der Waals surface area contributed by atoms with Crippen LogP contribution < -0.4 is 0 Å². The summed E-state index contributed by atoms with van der Waals surface area (Å²) in [6, 6.07) is 21.4. The molecule has 1 aromatic heterocycles. The van der Waals surface area contributed by atoms with Gasteiger partial charge >= 0.3 is 130 Å². The molecule has 0 amide bonds. The minimum absolute atomic E-state index is 0.161. The average molecular weight is 337 g/mol. The van der Waals surface area contributed by atoms with E-state index in [1.54, 1.807) is 0 Å². The van der Waals surface area contributed by atoms with Crippen molar-refractivity contribution in [3.8, 4) is 0 Å². The molecular weight excluding hydrogens is 323 g/mol. The van der Waals surface area contributed by atoms with E-state index < -0.39 is 0 Å². The molecule has 2 aromatic carbocycles. The SMILES string of the molecule is C1=C(c2ccccc2)CC(c2ccccc2)c2[se]nnc21. The van der Waals surface area contributed by atoms with Gasteiger partial charge in [0.15, 0.2) is 0 Å². The van der Waals surface area contributed by atoms with Gasteiger partial charge in [0.2, 0.25) is 0 Å². The van der Waals surface area contributed by atoms with Crippen LogP contribution in [0.5, 0.6) is 0 Å². The van der Waals surface area contributed by atoms with Crippen molar-refractivity contribution in [2.24, 2.45) is 0 Å². The number of allylic oxidation sites excluding steroid dienone is 1. The summed E-state index contributed by atoms with van der Waals surface area (Å²) in [6.07, 6.45) is 3.27. The molecule has 0 bridgehead atoms. The van der Waals surface area contributed by atoms with E-state index in [1.165, 1.54) is 21.1 Å². The summed E-state index contributed by atoms with van der Waals surface area (Å²) in [5.74, 6) is 0.427. The van der Waals surface area contributed by atoms with Crippen LogP contribution in [0.1, 0.15) is 33.6 Å². The van der Waals surface area contributed by atoms with E-state index in [0.29, 0.717) is 5.92 Å². The Labute approximate surface area is 130 Å². The second-order valence-electron chi connectivity index (χ2n) is 5.23. The molecule has 3 heteroatoms. The van der Waals surface area contributed by atoms with Crippen LogP contribution >= 0.6 is 0 Å². The van der Waals surface area contributed by atoms with Crippen molar-refractivity contribution in [3.63, 3.8) is 0 Å². The van der Waals surface area contributed by atoms with Crippen LogP contribution in [0.15, 0.2) is 60.7 Å². The molecule has 0 radical (unpaired) electrons. The molecule has 21 heavy (non-hydrogen) atoms. The zero-order valence-electron chi connectivity index (χ0n) is 11.4. The van der Waals surface area contributed by atoms with Crippen molar-refractivity contribution >= 4 is 26.4 Å². The van der Waals surface area contributed by atoms with Crippen LogP contribution in [-0.2, 0) is 0 Å². The van der Waals surface area contributed by atoms with Crippen LogP contribution in [0.25, 0.3) is 11.6 Å². The van der Waals surface area contributed by atoms with E-state index in [2.05, 4.69) is 75.9 Å². The van der Waals surface area contributed by atoms with Crippen LogP contribution in [0.4, 0.5) is 0 Å². The molecular formula is C18H14N2Se. The Morgan fingerprint density at radius 2 is 1.62 bits per heavy atom. The average Bonchev–Trinajstić information content (AvgIpc) is 3.04. The Balaban J connectivity index is 1.81. The first-order chi connectivity index (χ1) is 10.4. The first-order valence-electron chi connectivity index (χ1n) is 7.05. The molecule has 102 valence electrons. The predicted octanol–water partition coefficient (Wildman–Crippen LogP) is 3.61.